The summed E-state index contributed by atoms with van der Waals surface area (Å²) in [5.74, 6) is 0. The lowest BCUT2D eigenvalue weighted by atomic mass is 10.3. The molecular weight excluding hydrogens is 617 g/mol. The molecule has 0 aromatic heterocycles. The van der Waals surface area contributed by atoms with Gasteiger partial charge in [-0.15, -0.1) is 20.1 Å². The molecule has 0 fully saturated rings. The van der Waals surface area contributed by atoms with E-state index in [1.54, 1.807) is 0 Å². The summed E-state index contributed by atoms with van der Waals surface area (Å²) in [5, 5.41) is 0. The lowest BCUT2D eigenvalue weighted by Gasteiger charge is -2.44. The molecule has 0 saturated carbocycles. The molecule has 0 aliphatic heterocycles. The molecule has 0 saturated heterocycles. The third-order valence-corrected chi connectivity index (χ3v) is 15.9. The highest BCUT2D eigenvalue weighted by molar-refractivity contribution is 8.34. The fourth-order valence-corrected chi connectivity index (χ4v) is 14.0. The first-order valence-electron chi connectivity index (χ1n) is 16.9. The van der Waals surface area contributed by atoms with Gasteiger partial charge in [-0.3, -0.25) is 0 Å². The van der Waals surface area contributed by atoms with Gasteiger partial charge in [-0.05, 0) is 97.1 Å². The summed E-state index contributed by atoms with van der Waals surface area (Å²) >= 11 is 0. The van der Waals surface area contributed by atoms with Gasteiger partial charge in [0.2, 0.25) is 0 Å². The number of benzene rings is 7. The maximum Gasteiger partial charge on any atom is 0.00237 e. The van der Waals surface area contributed by atoms with Crippen LogP contribution in [-0.2, 0) is 0 Å². The number of rotatable bonds is 8. The quantitative estimate of drug-likeness (QED) is 0.152. The number of hydrogen-bond acceptors (Lipinski definition) is 0. The fraction of sp³-hybridized carbons (Fsp3) is 0.0870. The second-order valence-corrected chi connectivity index (χ2v) is 16.8. The second-order valence-electron chi connectivity index (χ2n) is 10.6. The Labute approximate surface area is 291 Å². The third kappa shape index (κ3) is 6.52. The summed E-state index contributed by atoms with van der Waals surface area (Å²) in [6.45, 7) is 8.00. The summed E-state index contributed by atoms with van der Waals surface area (Å²) in [5.41, 5.74) is 0. The van der Waals surface area contributed by atoms with Crippen molar-refractivity contribution in [2.75, 3.05) is 0 Å². The standard InChI is InChI=1S/C42H34S2.2C2H6/c1-7-19-35(20-8-1)43(36-21-9-2-10-22-36,37-23-11-3-12-24-37)41-31-33-42(34-32-41)44(38-25-13-4-14-26-38,39-27-15-5-16-28-39)40-29-17-6-18-30-40;2*1-2/h1-34H;2*1-2H3. The zero-order valence-electron chi connectivity index (χ0n) is 28.4. The lowest BCUT2D eigenvalue weighted by Crippen LogP contribution is -2.07. The van der Waals surface area contributed by atoms with E-state index in [4.69, 9.17) is 0 Å². The first kappa shape index (κ1) is 34.6. The van der Waals surface area contributed by atoms with Crippen molar-refractivity contribution in [1.82, 2.24) is 0 Å². The van der Waals surface area contributed by atoms with Crippen molar-refractivity contribution in [2.45, 2.75) is 66.9 Å². The molecule has 0 bridgehead atoms. The molecule has 7 aromatic rings. The topological polar surface area (TPSA) is 0 Å². The van der Waals surface area contributed by atoms with Crippen molar-refractivity contribution in [1.29, 1.82) is 0 Å². The van der Waals surface area contributed by atoms with Crippen LogP contribution in [0.15, 0.2) is 245 Å². The molecule has 242 valence electrons. The molecule has 0 aliphatic carbocycles. The smallest absolute Gasteiger partial charge is 0.00237 e. The van der Waals surface area contributed by atoms with E-state index in [0.29, 0.717) is 0 Å². The summed E-state index contributed by atoms with van der Waals surface area (Å²) in [7, 11) is -3.52. The van der Waals surface area contributed by atoms with Crippen LogP contribution >= 0.6 is 20.1 Å². The molecule has 0 aliphatic rings. The van der Waals surface area contributed by atoms with E-state index in [0.717, 1.165) is 0 Å². The largest absolute Gasteiger partial charge is 0.133 e. The Bertz CT molecular complexity index is 1570. The Hall–Kier alpha value is -4.76. The van der Waals surface area contributed by atoms with Gasteiger partial charge in [0.05, 0.1) is 0 Å². The van der Waals surface area contributed by atoms with Crippen LogP contribution in [0.25, 0.3) is 0 Å². The first-order valence-corrected chi connectivity index (χ1v) is 20.2. The summed E-state index contributed by atoms with van der Waals surface area (Å²) < 4.78 is 0. The van der Waals surface area contributed by atoms with Crippen LogP contribution in [0.4, 0.5) is 0 Å². The molecule has 0 nitrogen and oxygen atoms in total. The Morgan fingerprint density at radius 2 is 0.312 bits per heavy atom. The van der Waals surface area contributed by atoms with Crippen LogP contribution in [0.3, 0.4) is 0 Å². The highest BCUT2D eigenvalue weighted by atomic mass is 32.3. The molecule has 0 radical (unpaired) electrons. The van der Waals surface area contributed by atoms with E-state index in [1.165, 1.54) is 39.2 Å². The van der Waals surface area contributed by atoms with Gasteiger partial charge in [-0.2, -0.15) is 0 Å². The third-order valence-electron chi connectivity index (χ3n) is 8.11. The van der Waals surface area contributed by atoms with E-state index < -0.39 is 20.1 Å². The van der Waals surface area contributed by atoms with E-state index in [-0.39, 0.29) is 0 Å². The van der Waals surface area contributed by atoms with Crippen molar-refractivity contribution in [3.8, 4) is 0 Å². The van der Waals surface area contributed by atoms with E-state index in [2.05, 4.69) is 206 Å². The van der Waals surface area contributed by atoms with E-state index in [1.807, 2.05) is 27.7 Å². The highest BCUT2D eigenvalue weighted by Gasteiger charge is 2.36. The summed E-state index contributed by atoms with van der Waals surface area (Å²) in [4.78, 5) is 10.6. The Balaban J connectivity index is 0.00000109. The van der Waals surface area contributed by atoms with E-state index >= 15 is 0 Å². The minimum atomic E-state index is -1.76. The van der Waals surface area contributed by atoms with Crippen LogP contribution < -0.4 is 0 Å². The molecule has 2 heteroatoms. The molecule has 0 unspecified atom stereocenters. The molecule has 0 N–H and O–H groups in total. The van der Waals surface area contributed by atoms with Gasteiger partial charge >= 0.3 is 0 Å². The zero-order chi connectivity index (χ0) is 33.7. The molecular formula is C46H46S2. The summed E-state index contributed by atoms with van der Waals surface area (Å²) in [6.07, 6.45) is 0. The second kappa shape index (κ2) is 16.9. The fourth-order valence-electron chi connectivity index (χ4n) is 6.23. The van der Waals surface area contributed by atoms with Crippen LogP contribution in [0.2, 0.25) is 0 Å². The number of hydrogen-bond donors (Lipinski definition) is 0. The Kier molecular flexibility index (Phi) is 12.2. The zero-order valence-corrected chi connectivity index (χ0v) is 30.1. The van der Waals surface area contributed by atoms with Crippen molar-refractivity contribution < 1.29 is 0 Å². The van der Waals surface area contributed by atoms with Crippen LogP contribution in [0.5, 0.6) is 0 Å². The van der Waals surface area contributed by atoms with Gasteiger partial charge in [0.25, 0.3) is 0 Å². The minimum absolute atomic E-state index is 1.33. The molecule has 7 rings (SSSR count). The van der Waals surface area contributed by atoms with Gasteiger partial charge in [-0.25, -0.2) is 0 Å². The molecule has 48 heavy (non-hydrogen) atoms. The summed E-state index contributed by atoms with van der Waals surface area (Å²) in [6, 6.07) is 76.0. The maximum absolute atomic E-state index is 2.41. The van der Waals surface area contributed by atoms with E-state index in [9.17, 15) is 0 Å². The van der Waals surface area contributed by atoms with Gasteiger partial charge in [-0.1, -0.05) is 137 Å². The average molecular weight is 663 g/mol. The van der Waals surface area contributed by atoms with Crippen LogP contribution in [0.1, 0.15) is 27.7 Å². The van der Waals surface area contributed by atoms with Crippen LogP contribution in [-0.4, -0.2) is 0 Å². The minimum Gasteiger partial charge on any atom is -0.133 e. The van der Waals surface area contributed by atoms with Gasteiger partial charge in [0.15, 0.2) is 0 Å². The monoisotopic (exact) mass is 662 g/mol. The predicted molar refractivity (Wildman–Crippen MR) is 209 cm³/mol. The van der Waals surface area contributed by atoms with Gasteiger partial charge < -0.3 is 0 Å². The van der Waals surface area contributed by atoms with Crippen molar-refractivity contribution in [2.24, 2.45) is 0 Å². The lowest BCUT2D eigenvalue weighted by molar-refractivity contribution is 1.20. The van der Waals surface area contributed by atoms with Crippen molar-refractivity contribution in [3.05, 3.63) is 206 Å². The Morgan fingerprint density at radius 1 is 0.188 bits per heavy atom. The Morgan fingerprint density at radius 3 is 0.458 bits per heavy atom. The molecule has 0 amide bonds. The molecule has 0 atom stereocenters. The molecule has 0 spiro atoms. The molecule has 7 aromatic carbocycles. The van der Waals surface area contributed by atoms with Crippen LogP contribution in [0, 0.1) is 0 Å². The maximum atomic E-state index is 2.41. The van der Waals surface area contributed by atoms with Gasteiger partial charge in [0, 0.05) is 39.2 Å². The van der Waals surface area contributed by atoms with Crippen molar-refractivity contribution >= 4 is 20.1 Å². The highest BCUT2D eigenvalue weighted by Crippen LogP contribution is 2.76. The molecule has 0 heterocycles. The normalized spacial score (nSPS) is 11.6. The van der Waals surface area contributed by atoms with Crippen molar-refractivity contribution in [3.63, 3.8) is 0 Å². The first-order chi connectivity index (χ1) is 23.8. The average Bonchev–Trinajstić information content (AvgIpc) is 3.20. The SMILES string of the molecule is CC.CC.c1ccc(S(c2ccccc2)(c2ccccc2)c2ccc(S(c3ccccc3)(c3ccccc3)c3ccccc3)cc2)cc1. The predicted octanol–water partition coefficient (Wildman–Crippen LogP) is 14.4. The van der Waals surface area contributed by atoms with Gasteiger partial charge in [0.1, 0.15) is 0 Å².